The maximum Gasteiger partial charge on any atom is 0.0953 e. The Balaban J connectivity index is 4.67. The largest absolute Gasteiger partial charge is 0.390 e. The summed E-state index contributed by atoms with van der Waals surface area (Å²) >= 11 is 0. The molecule has 0 rings (SSSR count). The highest BCUT2D eigenvalue weighted by atomic mass is 16.3. The summed E-state index contributed by atoms with van der Waals surface area (Å²) in [6.45, 7) is 14.3. The molecule has 3 unspecified atom stereocenters. The molecule has 3 heteroatoms. The second-order valence-electron chi connectivity index (χ2n) is 5.60. The SMILES string of the molecule is CC(C)C(O)C(O)C(C)N(C(C)C)C(C)C. The number of aliphatic hydroxyl groups excluding tert-OH is 2. The maximum absolute atomic E-state index is 10.1. The molecule has 0 bridgehead atoms. The third-order valence-electron chi connectivity index (χ3n) is 3.19. The molecule has 16 heavy (non-hydrogen) atoms. The van der Waals surface area contributed by atoms with Gasteiger partial charge in [-0.05, 0) is 40.5 Å². The molecule has 3 nitrogen and oxygen atoms in total. The van der Waals surface area contributed by atoms with Crippen molar-refractivity contribution >= 4 is 0 Å². The van der Waals surface area contributed by atoms with Gasteiger partial charge in [0.15, 0.2) is 0 Å². The average Bonchev–Trinajstić information content (AvgIpc) is 2.13. The van der Waals surface area contributed by atoms with Gasteiger partial charge in [-0.1, -0.05) is 13.8 Å². The minimum atomic E-state index is -0.690. The summed E-state index contributed by atoms with van der Waals surface area (Å²) in [5, 5.41) is 20.0. The Morgan fingerprint density at radius 2 is 1.06 bits per heavy atom. The van der Waals surface area contributed by atoms with Crippen molar-refractivity contribution in [1.82, 2.24) is 4.90 Å². The summed E-state index contributed by atoms with van der Waals surface area (Å²) in [5.41, 5.74) is 0. The molecule has 3 atom stereocenters. The van der Waals surface area contributed by atoms with Gasteiger partial charge in [0.05, 0.1) is 12.2 Å². The first-order valence-corrected chi connectivity index (χ1v) is 6.33. The Hall–Kier alpha value is -0.120. The summed E-state index contributed by atoms with van der Waals surface area (Å²) in [4.78, 5) is 2.23. The van der Waals surface area contributed by atoms with Crippen molar-refractivity contribution in [1.29, 1.82) is 0 Å². The lowest BCUT2D eigenvalue weighted by Gasteiger charge is -2.40. The van der Waals surface area contributed by atoms with Crippen LogP contribution >= 0.6 is 0 Å². The Kier molecular flexibility index (Phi) is 6.53. The molecule has 98 valence electrons. The predicted octanol–water partition coefficient (Wildman–Crippen LogP) is 1.87. The lowest BCUT2D eigenvalue weighted by molar-refractivity contribution is -0.0656. The summed E-state index contributed by atoms with van der Waals surface area (Å²) in [7, 11) is 0. The van der Waals surface area contributed by atoms with Crippen molar-refractivity contribution in [2.75, 3.05) is 0 Å². The predicted molar refractivity (Wildman–Crippen MR) is 68.4 cm³/mol. The minimum absolute atomic E-state index is 0.0302. The van der Waals surface area contributed by atoms with E-state index >= 15 is 0 Å². The molecule has 0 aliphatic rings. The highest BCUT2D eigenvalue weighted by Crippen LogP contribution is 2.18. The third-order valence-corrected chi connectivity index (χ3v) is 3.19. The van der Waals surface area contributed by atoms with Gasteiger partial charge in [0, 0.05) is 18.1 Å². The molecule has 2 N–H and O–H groups in total. The van der Waals surface area contributed by atoms with Gasteiger partial charge < -0.3 is 10.2 Å². The number of rotatable bonds is 6. The van der Waals surface area contributed by atoms with E-state index < -0.39 is 12.2 Å². The van der Waals surface area contributed by atoms with Gasteiger partial charge >= 0.3 is 0 Å². The van der Waals surface area contributed by atoms with Gasteiger partial charge in [-0.25, -0.2) is 0 Å². The van der Waals surface area contributed by atoms with Crippen LogP contribution in [0.3, 0.4) is 0 Å². The summed E-state index contributed by atoms with van der Waals surface area (Å²) in [6, 6.07) is 0.699. The van der Waals surface area contributed by atoms with Crippen molar-refractivity contribution in [3.05, 3.63) is 0 Å². The van der Waals surface area contributed by atoms with Gasteiger partial charge in [0.2, 0.25) is 0 Å². The van der Waals surface area contributed by atoms with E-state index in [0.29, 0.717) is 12.1 Å². The molecule has 0 aromatic rings. The van der Waals surface area contributed by atoms with Crippen LogP contribution in [0.5, 0.6) is 0 Å². The molecule has 0 aromatic carbocycles. The van der Waals surface area contributed by atoms with Crippen LogP contribution in [0.4, 0.5) is 0 Å². The molecule has 0 saturated heterocycles. The molecule has 0 radical (unpaired) electrons. The van der Waals surface area contributed by atoms with Crippen LogP contribution in [0, 0.1) is 5.92 Å². The van der Waals surface area contributed by atoms with E-state index in [-0.39, 0.29) is 12.0 Å². The first-order chi connectivity index (χ1) is 7.20. The monoisotopic (exact) mass is 231 g/mol. The van der Waals surface area contributed by atoms with Crippen molar-refractivity contribution in [3.8, 4) is 0 Å². The van der Waals surface area contributed by atoms with Crippen molar-refractivity contribution in [2.24, 2.45) is 5.92 Å². The number of hydrogen-bond donors (Lipinski definition) is 2. The van der Waals surface area contributed by atoms with Crippen LogP contribution in [0.2, 0.25) is 0 Å². The van der Waals surface area contributed by atoms with Crippen molar-refractivity contribution < 1.29 is 10.2 Å². The molecule has 0 aliphatic carbocycles. The van der Waals surface area contributed by atoms with Gasteiger partial charge in [0.1, 0.15) is 0 Å². The zero-order valence-corrected chi connectivity index (χ0v) is 11.8. The molecule has 0 fully saturated rings. The van der Waals surface area contributed by atoms with Gasteiger partial charge in [0.25, 0.3) is 0 Å². The Bertz CT molecular complexity index is 184. The normalized spacial score (nSPS) is 18.6. The quantitative estimate of drug-likeness (QED) is 0.733. The molecule has 0 spiro atoms. The molecular formula is C13H29NO2. The van der Waals surface area contributed by atoms with Crippen LogP contribution in [0.15, 0.2) is 0 Å². The second-order valence-corrected chi connectivity index (χ2v) is 5.60. The van der Waals surface area contributed by atoms with Crippen LogP contribution in [-0.4, -0.2) is 45.4 Å². The van der Waals surface area contributed by atoms with E-state index in [1.807, 2.05) is 20.8 Å². The Morgan fingerprint density at radius 1 is 0.688 bits per heavy atom. The number of aliphatic hydroxyl groups is 2. The minimum Gasteiger partial charge on any atom is -0.390 e. The fourth-order valence-corrected chi connectivity index (χ4v) is 2.39. The summed E-state index contributed by atoms with van der Waals surface area (Å²) in [6.07, 6.45) is -1.35. The van der Waals surface area contributed by atoms with Crippen LogP contribution < -0.4 is 0 Å². The van der Waals surface area contributed by atoms with Crippen LogP contribution in [0.1, 0.15) is 48.5 Å². The molecular weight excluding hydrogens is 202 g/mol. The van der Waals surface area contributed by atoms with Gasteiger partial charge in [-0.3, -0.25) is 4.90 Å². The van der Waals surface area contributed by atoms with Crippen LogP contribution in [0.25, 0.3) is 0 Å². The van der Waals surface area contributed by atoms with E-state index in [2.05, 4.69) is 32.6 Å². The summed E-state index contributed by atoms with van der Waals surface area (Å²) < 4.78 is 0. The fourth-order valence-electron chi connectivity index (χ4n) is 2.39. The van der Waals surface area contributed by atoms with Gasteiger partial charge in [-0.2, -0.15) is 0 Å². The summed E-state index contributed by atoms with van der Waals surface area (Å²) in [5.74, 6) is 0.0821. The zero-order valence-electron chi connectivity index (χ0n) is 11.8. The van der Waals surface area contributed by atoms with E-state index in [4.69, 9.17) is 0 Å². The second kappa shape index (κ2) is 6.58. The lowest BCUT2D eigenvalue weighted by Crippen LogP contribution is -2.53. The van der Waals surface area contributed by atoms with E-state index in [0.717, 1.165) is 0 Å². The standard InChI is InChI=1S/C13H29NO2/c1-8(2)12(15)13(16)11(7)14(9(3)4)10(5)6/h8-13,15-16H,1-7H3. The lowest BCUT2D eigenvalue weighted by atomic mass is 9.95. The smallest absolute Gasteiger partial charge is 0.0953 e. The molecule has 0 heterocycles. The molecule has 0 saturated carbocycles. The molecule has 0 aromatic heterocycles. The van der Waals surface area contributed by atoms with Crippen LogP contribution in [-0.2, 0) is 0 Å². The number of hydrogen-bond acceptors (Lipinski definition) is 3. The Morgan fingerprint density at radius 3 is 1.31 bits per heavy atom. The van der Waals surface area contributed by atoms with E-state index in [1.165, 1.54) is 0 Å². The maximum atomic E-state index is 10.1. The van der Waals surface area contributed by atoms with Crippen molar-refractivity contribution in [3.63, 3.8) is 0 Å². The zero-order chi connectivity index (χ0) is 13.0. The van der Waals surface area contributed by atoms with Crippen molar-refractivity contribution in [2.45, 2.75) is 78.8 Å². The third kappa shape index (κ3) is 4.04. The van der Waals surface area contributed by atoms with E-state index in [1.54, 1.807) is 0 Å². The van der Waals surface area contributed by atoms with Gasteiger partial charge in [-0.15, -0.1) is 0 Å². The topological polar surface area (TPSA) is 43.7 Å². The highest BCUT2D eigenvalue weighted by Gasteiger charge is 2.31. The highest BCUT2D eigenvalue weighted by molar-refractivity contribution is 4.85. The fraction of sp³-hybridized carbons (Fsp3) is 1.00. The number of nitrogens with zero attached hydrogens (tertiary/aromatic N) is 1. The van der Waals surface area contributed by atoms with E-state index in [9.17, 15) is 10.2 Å². The first kappa shape index (κ1) is 15.9. The average molecular weight is 231 g/mol. The molecule has 0 amide bonds. The molecule has 0 aliphatic heterocycles. The first-order valence-electron chi connectivity index (χ1n) is 6.33. The Labute approximate surface area is 100 Å².